The number of rotatable bonds is 10. The van der Waals surface area contributed by atoms with Crippen LogP contribution in [-0.4, -0.2) is 81.5 Å². The fourth-order valence-electron chi connectivity index (χ4n) is 7.04. The first kappa shape index (κ1) is 29.4. The zero-order chi connectivity index (χ0) is 29.5. The summed E-state index contributed by atoms with van der Waals surface area (Å²) in [6.07, 6.45) is 7.19. The van der Waals surface area contributed by atoms with Crippen molar-refractivity contribution in [3.63, 3.8) is 0 Å². The Morgan fingerprint density at radius 3 is 2.55 bits per heavy atom. The first-order valence-corrected chi connectivity index (χ1v) is 15.8. The summed E-state index contributed by atoms with van der Waals surface area (Å²) < 4.78 is 16.9. The Balaban J connectivity index is 1.17. The topological polar surface area (TPSA) is 109 Å². The van der Waals surface area contributed by atoms with Gasteiger partial charge < -0.3 is 34.6 Å². The van der Waals surface area contributed by atoms with Crippen LogP contribution in [0.25, 0.3) is 0 Å². The quantitative estimate of drug-likeness (QED) is 0.408. The van der Waals surface area contributed by atoms with Crippen LogP contribution < -0.4 is 25.2 Å². The standard InChI is InChI=1S/C32H46N4O6/c1-31(2)30(39)35(13-4-14-40-3)26-18-25(7-8-27(26)42-31)36(24-5-6-24)29(38)22-17-21(19-33-20-22)28(37)34-32(11-12-32)23-9-15-41-16-10-23/h7-8,18,21-24,33H,4-6,9-17,19-20H2,1-3H3,(H,34,37)/t21-,22+/m0/s1. The Bertz CT molecular complexity index is 1190. The number of nitrogens with one attached hydrogen (secondary N) is 2. The van der Waals surface area contributed by atoms with E-state index in [-0.39, 0.29) is 41.1 Å². The van der Waals surface area contributed by atoms with Crippen LogP contribution in [0.15, 0.2) is 18.2 Å². The summed E-state index contributed by atoms with van der Waals surface area (Å²) in [6, 6.07) is 5.87. The minimum Gasteiger partial charge on any atom is -0.476 e. The molecule has 2 atom stereocenters. The van der Waals surface area contributed by atoms with E-state index in [0.717, 1.165) is 57.4 Å². The molecule has 0 unspecified atom stereocenters. The number of carbonyl (C=O) groups excluding carboxylic acids is 3. The molecular formula is C32H46N4O6. The average Bonchev–Trinajstić information content (AvgIpc) is 3.93. The monoisotopic (exact) mass is 582 g/mol. The van der Waals surface area contributed by atoms with E-state index in [2.05, 4.69) is 10.6 Å². The summed E-state index contributed by atoms with van der Waals surface area (Å²) in [5.74, 6) is 0.598. The smallest absolute Gasteiger partial charge is 0.270 e. The summed E-state index contributed by atoms with van der Waals surface area (Å²) >= 11 is 0. The highest BCUT2D eigenvalue weighted by Crippen LogP contribution is 2.47. The number of carbonyl (C=O) groups is 3. The second-order valence-corrected chi connectivity index (χ2v) is 13.3. The predicted octanol–water partition coefficient (Wildman–Crippen LogP) is 3.02. The van der Waals surface area contributed by atoms with E-state index in [0.29, 0.717) is 56.4 Å². The van der Waals surface area contributed by atoms with Crippen LogP contribution in [0.1, 0.15) is 65.2 Å². The van der Waals surface area contributed by atoms with Crippen molar-refractivity contribution in [1.82, 2.24) is 10.6 Å². The molecule has 230 valence electrons. The minimum atomic E-state index is -0.971. The lowest BCUT2D eigenvalue weighted by atomic mass is 9.86. The van der Waals surface area contributed by atoms with Gasteiger partial charge in [-0.15, -0.1) is 0 Å². The molecule has 2 saturated carbocycles. The molecule has 0 bridgehead atoms. The minimum absolute atomic E-state index is 0.0438. The number of methoxy groups -OCH3 is 1. The van der Waals surface area contributed by atoms with Crippen molar-refractivity contribution in [3.8, 4) is 5.75 Å². The maximum atomic E-state index is 14.1. The first-order valence-electron chi connectivity index (χ1n) is 15.8. The number of ether oxygens (including phenoxy) is 3. The molecule has 0 aromatic heterocycles. The van der Waals surface area contributed by atoms with Crippen molar-refractivity contribution in [3.05, 3.63) is 18.2 Å². The lowest BCUT2D eigenvalue weighted by molar-refractivity contribution is -0.132. The second kappa shape index (κ2) is 11.8. The highest BCUT2D eigenvalue weighted by atomic mass is 16.5. The van der Waals surface area contributed by atoms with Gasteiger partial charge in [-0.1, -0.05) is 0 Å². The third-order valence-electron chi connectivity index (χ3n) is 9.75. The molecule has 6 rings (SSSR count). The van der Waals surface area contributed by atoms with Gasteiger partial charge in [0.25, 0.3) is 5.91 Å². The first-order chi connectivity index (χ1) is 20.2. The normalized spacial score (nSPS) is 26.6. The van der Waals surface area contributed by atoms with E-state index in [1.165, 1.54) is 0 Å². The van der Waals surface area contributed by atoms with Gasteiger partial charge in [-0.05, 0) is 89.3 Å². The van der Waals surface area contributed by atoms with E-state index in [1.54, 1.807) is 25.9 Å². The van der Waals surface area contributed by atoms with Crippen LogP contribution in [-0.2, 0) is 23.9 Å². The molecule has 3 aliphatic heterocycles. The summed E-state index contributed by atoms with van der Waals surface area (Å²) in [6.45, 7) is 7.31. The van der Waals surface area contributed by atoms with Gasteiger partial charge in [-0.25, -0.2) is 0 Å². The van der Waals surface area contributed by atoms with Crippen LogP contribution in [0.5, 0.6) is 5.75 Å². The number of hydrogen-bond acceptors (Lipinski definition) is 7. The lowest BCUT2D eigenvalue weighted by Gasteiger charge is -2.40. The number of piperidine rings is 1. The van der Waals surface area contributed by atoms with Gasteiger partial charge in [0.2, 0.25) is 11.8 Å². The SMILES string of the molecule is COCCCN1C(=O)C(C)(C)Oc2ccc(N(C(=O)[C@H]3CNC[C@@H](C(=O)NC4(C5CCOCC5)CC4)C3)C3CC3)cc21. The van der Waals surface area contributed by atoms with Crippen LogP contribution in [0.2, 0.25) is 0 Å². The second-order valence-electron chi connectivity index (χ2n) is 13.3. The molecule has 4 fully saturated rings. The molecule has 2 saturated heterocycles. The van der Waals surface area contributed by atoms with Crippen LogP contribution in [0, 0.1) is 17.8 Å². The van der Waals surface area contributed by atoms with Crippen LogP contribution >= 0.6 is 0 Å². The molecule has 2 N–H and O–H groups in total. The van der Waals surface area contributed by atoms with Gasteiger partial charge >= 0.3 is 0 Å². The fraction of sp³-hybridized carbons (Fsp3) is 0.719. The van der Waals surface area contributed by atoms with Gasteiger partial charge in [0.15, 0.2) is 5.60 Å². The Hall–Kier alpha value is -2.69. The van der Waals surface area contributed by atoms with Gasteiger partial charge in [0.05, 0.1) is 17.5 Å². The number of anilines is 2. The summed E-state index contributed by atoms with van der Waals surface area (Å²) in [4.78, 5) is 44.6. The summed E-state index contributed by atoms with van der Waals surface area (Å²) in [5, 5.41) is 6.80. The average molecular weight is 583 g/mol. The fourth-order valence-corrected chi connectivity index (χ4v) is 7.04. The highest BCUT2D eigenvalue weighted by Gasteiger charge is 2.51. The largest absolute Gasteiger partial charge is 0.476 e. The van der Waals surface area contributed by atoms with E-state index in [1.807, 2.05) is 23.1 Å². The molecule has 5 aliphatic rings. The molecule has 0 spiro atoms. The van der Waals surface area contributed by atoms with Crippen LogP contribution in [0.3, 0.4) is 0 Å². The van der Waals surface area contributed by atoms with E-state index in [9.17, 15) is 14.4 Å². The number of amides is 3. The molecule has 2 aliphatic carbocycles. The van der Waals surface area contributed by atoms with Crippen molar-refractivity contribution in [2.24, 2.45) is 17.8 Å². The van der Waals surface area contributed by atoms with Crippen molar-refractivity contribution >= 4 is 29.1 Å². The Morgan fingerprint density at radius 1 is 1.12 bits per heavy atom. The van der Waals surface area contributed by atoms with E-state index < -0.39 is 5.60 Å². The third kappa shape index (κ3) is 5.90. The molecule has 42 heavy (non-hydrogen) atoms. The van der Waals surface area contributed by atoms with Crippen molar-refractivity contribution in [2.75, 3.05) is 56.4 Å². The maximum Gasteiger partial charge on any atom is 0.270 e. The molecular weight excluding hydrogens is 536 g/mol. The number of fused-ring (bicyclic) bond motifs is 1. The number of nitrogens with zero attached hydrogens (tertiary/aromatic N) is 2. The number of hydrogen-bond donors (Lipinski definition) is 2. The van der Waals surface area contributed by atoms with Crippen molar-refractivity contribution in [2.45, 2.75) is 82.4 Å². The number of benzene rings is 1. The Morgan fingerprint density at radius 2 is 1.86 bits per heavy atom. The van der Waals surface area contributed by atoms with Crippen molar-refractivity contribution in [1.29, 1.82) is 0 Å². The zero-order valence-corrected chi connectivity index (χ0v) is 25.3. The Kier molecular flexibility index (Phi) is 8.24. The lowest BCUT2D eigenvalue weighted by Crippen LogP contribution is -2.53. The van der Waals surface area contributed by atoms with Gasteiger partial charge in [0.1, 0.15) is 5.75 Å². The van der Waals surface area contributed by atoms with Crippen molar-refractivity contribution < 1.29 is 28.6 Å². The highest BCUT2D eigenvalue weighted by molar-refractivity contribution is 6.04. The van der Waals surface area contributed by atoms with E-state index in [4.69, 9.17) is 14.2 Å². The van der Waals surface area contributed by atoms with Gasteiger partial charge in [0, 0.05) is 63.8 Å². The molecule has 0 radical (unpaired) electrons. The van der Waals surface area contributed by atoms with E-state index >= 15 is 0 Å². The molecule has 10 heteroatoms. The molecule has 1 aromatic carbocycles. The third-order valence-corrected chi connectivity index (χ3v) is 9.75. The Labute approximate surface area is 248 Å². The molecule has 3 heterocycles. The van der Waals surface area contributed by atoms with Gasteiger partial charge in [-0.3, -0.25) is 14.4 Å². The molecule has 1 aromatic rings. The maximum absolute atomic E-state index is 14.1. The molecule has 10 nitrogen and oxygen atoms in total. The van der Waals surface area contributed by atoms with Gasteiger partial charge in [-0.2, -0.15) is 0 Å². The zero-order valence-electron chi connectivity index (χ0n) is 25.3. The summed E-state index contributed by atoms with van der Waals surface area (Å²) in [5.41, 5.74) is 0.413. The summed E-state index contributed by atoms with van der Waals surface area (Å²) in [7, 11) is 1.65. The van der Waals surface area contributed by atoms with Crippen LogP contribution in [0.4, 0.5) is 11.4 Å². The molecule has 3 amide bonds. The predicted molar refractivity (Wildman–Crippen MR) is 159 cm³/mol.